The highest BCUT2D eigenvalue weighted by atomic mass is 19.1. The van der Waals surface area contributed by atoms with Crippen molar-refractivity contribution in [1.82, 2.24) is 15.3 Å². The number of aromatic amines is 1. The van der Waals surface area contributed by atoms with Gasteiger partial charge in [-0.15, -0.1) is 0 Å². The zero-order valence-corrected chi connectivity index (χ0v) is 10.5. The minimum Gasteiger partial charge on any atom is -0.347 e. The van der Waals surface area contributed by atoms with Crippen LogP contribution in [0.1, 0.15) is 29.1 Å². The van der Waals surface area contributed by atoms with Crippen LogP contribution in [-0.4, -0.2) is 20.8 Å². The molecule has 0 bridgehead atoms. The number of carbonyl (C=O) groups is 1. The van der Waals surface area contributed by atoms with Crippen molar-refractivity contribution in [2.45, 2.75) is 13.0 Å². The van der Waals surface area contributed by atoms with Crippen molar-refractivity contribution in [3.05, 3.63) is 57.9 Å². The maximum Gasteiger partial charge on any atom is 0.304 e. The molecule has 0 aliphatic rings. The molecule has 0 aliphatic carbocycles. The predicted molar refractivity (Wildman–Crippen MR) is 67.5 cm³/mol. The molecule has 0 fully saturated rings. The molecular formula is C12H11FN4O3. The van der Waals surface area contributed by atoms with Crippen LogP contribution in [0.15, 0.2) is 30.6 Å². The first-order valence-corrected chi connectivity index (χ1v) is 5.73. The number of nitrogens with zero attached hydrogens (tertiary/aromatic N) is 2. The quantitative estimate of drug-likeness (QED) is 0.659. The first-order valence-electron chi connectivity index (χ1n) is 5.73. The molecule has 20 heavy (non-hydrogen) atoms. The van der Waals surface area contributed by atoms with Crippen LogP contribution in [0.4, 0.5) is 10.1 Å². The van der Waals surface area contributed by atoms with Gasteiger partial charge in [-0.2, -0.15) is 4.39 Å². The van der Waals surface area contributed by atoms with Crippen molar-refractivity contribution in [2.75, 3.05) is 0 Å². The number of H-pyrrole nitrogens is 1. The highest BCUT2D eigenvalue weighted by molar-refractivity contribution is 5.94. The van der Waals surface area contributed by atoms with Crippen molar-refractivity contribution < 1.29 is 14.1 Å². The van der Waals surface area contributed by atoms with E-state index in [0.29, 0.717) is 5.82 Å². The highest BCUT2D eigenvalue weighted by Crippen LogP contribution is 2.18. The van der Waals surface area contributed by atoms with E-state index < -0.39 is 28.4 Å². The fourth-order valence-electron chi connectivity index (χ4n) is 1.66. The van der Waals surface area contributed by atoms with Gasteiger partial charge >= 0.3 is 5.69 Å². The van der Waals surface area contributed by atoms with Gasteiger partial charge in [0.2, 0.25) is 5.82 Å². The van der Waals surface area contributed by atoms with Crippen LogP contribution in [0, 0.1) is 15.9 Å². The fraction of sp³-hybridized carbons (Fsp3) is 0.167. The summed E-state index contributed by atoms with van der Waals surface area (Å²) in [7, 11) is 0. The molecule has 104 valence electrons. The molecule has 1 amide bonds. The maximum absolute atomic E-state index is 13.4. The van der Waals surface area contributed by atoms with Crippen LogP contribution >= 0.6 is 0 Å². The smallest absolute Gasteiger partial charge is 0.304 e. The number of nitro groups is 1. The minimum atomic E-state index is -1.05. The predicted octanol–water partition coefficient (Wildman–Crippen LogP) is 1.95. The van der Waals surface area contributed by atoms with Crippen LogP contribution in [-0.2, 0) is 0 Å². The van der Waals surface area contributed by atoms with Gasteiger partial charge in [0, 0.05) is 24.0 Å². The van der Waals surface area contributed by atoms with E-state index in [-0.39, 0.29) is 5.56 Å². The third kappa shape index (κ3) is 2.79. The van der Waals surface area contributed by atoms with E-state index in [1.165, 1.54) is 6.07 Å². The Morgan fingerprint density at radius 3 is 2.85 bits per heavy atom. The number of benzene rings is 1. The Hall–Kier alpha value is -2.77. The Kier molecular flexibility index (Phi) is 3.74. The molecule has 2 aromatic rings. The molecule has 1 heterocycles. The number of nitrogens with one attached hydrogen (secondary N) is 2. The van der Waals surface area contributed by atoms with Crippen LogP contribution < -0.4 is 5.32 Å². The number of hydrogen-bond acceptors (Lipinski definition) is 4. The summed E-state index contributed by atoms with van der Waals surface area (Å²) in [4.78, 5) is 28.4. The lowest BCUT2D eigenvalue weighted by atomic mass is 10.1. The summed E-state index contributed by atoms with van der Waals surface area (Å²) in [6.45, 7) is 1.71. The van der Waals surface area contributed by atoms with Gasteiger partial charge in [-0.05, 0) is 19.1 Å². The molecule has 8 heteroatoms. The molecule has 2 rings (SSSR count). The Morgan fingerprint density at radius 2 is 2.30 bits per heavy atom. The van der Waals surface area contributed by atoms with Crippen molar-refractivity contribution in [1.29, 1.82) is 0 Å². The SMILES string of the molecule is CC(NC(=O)c1ccc([N+](=O)[O-])c(F)c1)c1ncc[nH]1. The van der Waals surface area contributed by atoms with E-state index in [4.69, 9.17) is 0 Å². The second-order valence-electron chi connectivity index (χ2n) is 4.09. The van der Waals surface area contributed by atoms with Gasteiger partial charge in [0.05, 0.1) is 11.0 Å². The lowest BCUT2D eigenvalue weighted by Crippen LogP contribution is -2.27. The maximum atomic E-state index is 13.4. The Morgan fingerprint density at radius 1 is 1.55 bits per heavy atom. The molecule has 0 saturated heterocycles. The second kappa shape index (κ2) is 5.47. The Bertz CT molecular complexity index is 642. The summed E-state index contributed by atoms with van der Waals surface area (Å²) < 4.78 is 13.4. The first kappa shape index (κ1) is 13.7. The lowest BCUT2D eigenvalue weighted by Gasteiger charge is -2.11. The molecule has 0 radical (unpaired) electrons. The molecular weight excluding hydrogens is 267 g/mol. The zero-order chi connectivity index (χ0) is 14.7. The monoisotopic (exact) mass is 278 g/mol. The molecule has 2 N–H and O–H groups in total. The molecule has 1 aromatic carbocycles. The molecule has 0 saturated carbocycles. The summed E-state index contributed by atoms with van der Waals surface area (Å²) in [5, 5.41) is 13.1. The average molecular weight is 278 g/mol. The molecule has 0 spiro atoms. The lowest BCUT2D eigenvalue weighted by molar-refractivity contribution is -0.387. The highest BCUT2D eigenvalue weighted by Gasteiger charge is 2.18. The van der Waals surface area contributed by atoms with Crippen molar-refractivity contribution >= 4 is 11.6 Å². The number of nitro benzene ring substituents is 1. The van der Waals surface area contributed by atoms with Crippen molar-refractivity contribution in [3.8, 4) is 0 Å². The third-order valence-corrected chi connectivity index (χ3v) is 2.68. The van der Waals surface area contributed by atoms with E-state index in [1.54, 1.807) is 19.3 Å². The van der Waals surface area contributed by atoms with Crippen LogP contribution in [0.25, 0.3) is 0 Å². The van der Waals surface area contributed by atoms with Gasteiger partial charge in [0.1, 0.15) is 5.82 Å². The van der Waals surface area contributed by atoms with Crippen molar-refractivity contribution in [3.63, 3.8) is 0 Å². The third-order valence-electron chi connectivity index (χ3n) is 2.68. The van der Waals surface area contributed by atoms with Crippen LogP contribution in [0.5, 0.6) is 0 Å². The Labute approximate surface area is 113 Å². The van der Waals surface area contributed by atoms with Gasteiger partial charge in [-0.1, -0.05) is 0 Å². The van der Waals surface area contributed by atoms with Gasteiger partial charge in [-0.25, -0.2) is 4.98 Å². The van der Waals surface area contributed by atoms with E-state index in [1.807, 2.05) is 0 Å². The number of rotatable bonds is 4. The van der Waals surface area contributed by atoms with Gasteiger partial charge in [-0.3, -0.25) is 14.9 Å². The van der Waals surface area contributed by atoms with E-state index >= 15 is 0 Å². The number of halogens is 1. The van der Waals surface area contributed by atoms with E-state index in [9.17, 15) is 19.3 Å². The van der Waals surface area contributed by atoms with Gasteiger partial charge in [0.25, 0.3) is 5.91 Å². The summed E-state index contributed by atoms with van der Waals surface area (Å²) in [5.41, 5.74) is -0.660. The number of imidazole rings is 1. The fourth-order valence-corrected chi connectivity index (χ4v) is 1.66. The molecule has 0 aliphatic heterocycles. The summed E-state index contributed by atoms with van der Waals surface area (Å²) in [6.07, 6.45) is 3.16. The number of carbonyl (C=O) groups excluding carboxylic acids is 1. The molecule has 1 aromatic heterocycles. The average Bonchev–Trinajstić information content (AvgIpc) is 2.91. The van der Waals surface area contributed by atoms with Crippen molar-refractivity contribution in [2.24, 2.45) is 0 Å². The van der Waals surface area contributed by atoms with Gasteiger partial charge < -0.3 is 10.3 Å². The minimum absolute atomic E-state index is 0.00602. The normalized spacial score (nSPS) is 11.9. The largest absolute Gasteiger partial charge is 0.347 e. The summed E-state index contributed by atoms with van der Waals surface area (Å²) in [5.74, 6) is -1.03. The van der Waals surface area contributed by atoms with Crippen LogP contribution in [0.2, 0.25) is 0 Å². The summed E-state index contributed by atoms with van der Waals surface area (Å²) in [6, 6.07) is 2.60. The molecule has 1 unspecified atom stereocenters. The summed E-state index contributed by atoms with van der Waals surface area (Å²) >= 11 is 0. The molecule has 1 atom stereocenters. The van der Waals surface area contributed by atoms with Gasteiger partial charge in [0.15, 0.2) is 0 Å². The van der Waals surface area contributed by atoms with E-state index in [2.05, 4.69) is 15.3 Å². The van der Waals surface area contributed by atoms with E-state index in [0.717, 1.165) is 12.1 Å². The second-order valence-corrected chi connectivity index (χ2v) is 4.09. The number of aromatic nitrogens is 2. The Balaban J connectivity index is 2.14. The number of hydrogen-bond donors (Lipinski definition) is 2. The topological polar surface area (TPSA) is 101 Å². The first-order chi connectivity index (χ1) is 9.49. The standard InChI is InChI=1S/C12H11FN4O3/c1-7(11-14-4-5-15-11)16-12(18)8-2-3-10(17(19)20)9(13)6-8/h2-7H,1H3,(H,14,15)(H,16,18). The number of amides is 1. The van der Waals surface area contributed by atoms with Crippen LogP contribution in [0.3, 0.4) is 0 Å². The molecule has 7 nitrogen and oxygen atoms in total. The zero-order valence-electron chi connectivity index (χ0n) is 10.5.